The minimum absolute atomic E-state index is 0.282. The van der Waals surface area contributed by atoms with Gasteiger partial charge in [0.2, 0.25) is 0 Å². The van der Waals surface area contributed by atoms with E-state index < -0.39 is 15.1 Å². The van der Waals surface area contributed by atoms with Gasteiger partial charge < -0.3 is 0 Å². The lowest BCUT2D eigenvalue weighted by Gasteiger charge is -2.23. The lowest BCUT2D eigenvalue weighted by molar-refractivity contribution is 0.790. The highest BCUT2D eigenvalue weighted by Crippen LogP contribution is 2.29. The summed E-state index contributed by atoms with van der Waals surface area (Å²) >= 11 is 33.0. The van der Waals surface area contributed by atoms with Crippen molar-refractivity contribution in [2.24, 2.45) is 0 Å². The van der Waals surface area contributed by atoms with Gasteiger partial charge in [0.1, 0.15) is 0 Å². The van der Waals surface area contributed by atoms with E-state index in [2.05, 4.69) is 15.9 Å². The predicted molar refractivity (Wildman–Crippen MR) is 81.1 cm³/mol. The van der Waals surface area contributed by atoms with Gasteiger partial charge in [-0.1, -0.05) is 45.8 Å². The Kier molecular flexibility index (Phi) is 8.44. The van der Waals surface area contributed by atoms with Crippen molar-refractivity contribution < 1.29 is 0 Å². The summed E-state index contributed by atoms with van der Waals surface area (Å²) in [5.74, 6) is 0.282. The van der Waals surface area contributed by atoms with Gasteiger partial charge in [-0.05, 0) is 6.92 Å². The molecule has 6 heteroatoms. The van der Waals surface area contributed by atoms with Crippen LogP contribution in [-0.2, 0) is 0 Å². The Morgan fingerprint density at radius 3 is 2.25 bits per heavy atom. The van der Waals surface area contributed by atoms with Crippen LogP contribution in [0.2, 0.25) is 0 Å². The Hall–Kier alpha value is 1.41. The lowest BCUT2D eigenvalue weighted by atomic mass is 10.0. The molecule has 94 valence electrons. The maximum Gasteiger partial charge on any atom is 0.0857 e. The summed E-state index contributed by atoms with van der Waals surface area (Å²) in [6, 6.07) is 0. The van der Waals surface area contributed by atoms with Crippen molar-refractivity contribution in [2.45, 2.75) is 22.0 Å². The van der Waals surface area contributed by atoms with Crippen LogP contribution in [-0.4, -0.2) is 26.3 Å². The molecule has 0 aliphatic carbocycles. The zero-order valence-electron chi connectivity index (χ0n) is 8.57. The molecule has 0 amide bonds. The Labute approximate surface area is 130 Å². The fraction of sp³-hybridized carbons (Fsp3) is 0.600. The first-order chi connectivity index (χ1) is 7.31. The van der Waals surface area contributed by atoms with Gasteiger partial charge in [-0.25, -0.2) is 0 Å². The monoisotopic (exact) mass is 386 g/mol. The van der Waals surface area contributed by atoms with Crippen molar-refractivity contribution in [3.63, 3.8) is 0 Å². The van der Waals surface area contributed by atoms with Crippen molar-refractivity contribution in [1.82, 2.24) is 0 Å². The molecule has 0 saturated heterocycles. The normalized spacial score (nSPS) is 22.2. The first kappa shape index (κ1) is 17.4. The molecule has 0 fully saturated rings. The number of allylic oxidation sites excluding steroid dienone is 3. The number of alkyl halides is 5. The summed E-state index contributed by atoms with van der Waals surface area (Å²) in [6.07, 6.45) is 5.08. The van der Waals surface area contributed by atoms with Crippen LogP contribution in [0.5, 0.6) is 0 Å². The van der Waals surface area contributed by atoms with E-state index in [-0.39, 0.29) is 5.88 Å². The standard InChI is InChI=1S/C10H12BrCl5/c1-9(15,4-5-12)8(14)2-3-10(16,6-11)7-13/h2-5,8H,6-7H2,1H3/b3-2+,5-4+. The first-order valence-electron chi connectivity index (χ1n) is 4.42. The Balaban J connectivity index is 4.66. The molecule has 0 spiro atoms. The highest BCUT2D eigenvalue weighted by Gasteiger charge is 2.27. The third-order valence-electron chi connectivity index (χ3n) is 1.94. The second-order valence-electron chi connectivity index (χ2n) is 3.51. The number of hydrogen-bond donors (Lipinski definition) is 0. The minimum atomic E-state index is -0.754. The molecule has 0 aromatic heterocycles. The zero-order chi connectivity index (χ0) is 12.8. The van der Waals surface area contributed by atoms with Crippen LogP contribution in [0.15, 0.2) is 23.8 Å². The van der Waals surface area contributed by atoms with E-state index in [0.29, 0.717) is 5.33 Å². The van der Waals surface area contributed by atoms with Crippen LogP contribution < -0.4 is 0 Å². The molecule has 0 radical (unpaired) electrons. The van der Waals surface area contributed by atoms with Crippen LogP contribution >= 0.6 is 73.9 Å². The van der Waals surface area contributed by atoms with Gasteiger partial charge in [-0.15, -0.1) is 46.4 Å². The average molecular weight is 389 g/mol. The van der Waals surface area contributed by atoms with Crippen molar-refractivity contribution in [1.29, 1.82) is 0 Å². The Bertz CT molecular complexity index is 258. The van der Waals surface area contributed by atoms with Crippen LogP contribution in [0.4, 0.5) is 0 Å². The van der Waals surface area contributed by atoms with E-state index in [1.165, 1.54) is 5.54 Å². The van der Waals surface area contributed by atoms with Crippen LogP contribution in [0.1, 0.15) is 6.92 Å². The number of halogens is 6. The minimum Gasteiger partial charge on any atom is -0.124 e. The maximum atomic E-state index is 6.17. The molecule has 16 heavy (non-hydrogen) atoms. The lowest BCUT2D eigenvalue weighted by Crippen LogP contribution is -2.27. The molecule has 0 N–H and O–H groups in total. The van der Waals surface area contributed by atoms with E-state index in [1.807, 2.05) is 0 Å². The fourth-order valence-electron chi connectivity index (χ4n) is 0.785. The summed E-state index contributed by atoms with van der Waals surface area (Å²) in [7, 11) is 0. The molecule has 0 heterocycles. The van der Waals surface area contributed by atoms with Gasteiger partial charge in [-0.3, -0.25) is 0 Å². The summed E-state index contributed by atoms with van der Waals surface area (Å²) in [5, 5.41) is 0.111. The third-order valence-corrected chi connectivity index (χ3v) is 5.46. The molecule has 0 aromatic rings. The molecule has 0 nitrogen and oxygen atoms in total. The molecule has 0 aromatic carbocycles. The van der Waals surface area contributed by atoms with Crippen LogP contribution in [0.3, 0.4) is 0 Å². The quantitative estimate of drug-likeness (QED) is 0.415. The average Bonchev–Trinajstić information content (AvgIpc) is 2.25. The first-order valence-corrected chi connectivity index (χ1v) is 7.71. The van der Waals surface area contributed by atoms with Crippen molar-refractivity contribution in [3.8, 4) is 0 Å². The topological polar surface area (TPSA) is 0 Å². The third kappa shape index (κ3) is 5.84. The van der Waals surface area contributed by atoms with Crippen molar-refractivity contribution >= 4 is 73.9 Å². The van der Waals surface area contributed by atoms with Crippen LogP contribution in [0, 0.1) is 0 Å². The molecule has 3 unspecified atom stereocenters. The van der Waals surface area contributed by atoms with Crippen molar-refractivity contribution in [2.75, 3.05) is 11.2 Å². The second-order valence-corrected chi connectivity index (χ2v) is 6.62. The SMILES string of the molecule is CC(Cl)(/C=C/Cl)C(Cl)/C=C/C(Cl)(CCl)CBr. The van der Waals surface area contributed by atoms with Crippen LogP contribution in [0.25, 0.3) is 0 Å². The van der Waals surface area contributed by atoms with E-state index >= 15 is 0 Å². The van der Waals surface area contributed by atoms with Gasteiger partial charge in [0.25, 0.3) is 0 Å². The molecule has 0 saturated carbocycles. The summed E-state index contributed by atoms with van der Waals surface area (Å²) in [4.78, 5) is -1.40. The largest absolute Gasteiger partial charge is 0.124 e. The summed E-state index contributed by atoms with van der Waals surface area (Å²) < 4.78 is 0. The molecule has 0 bridgehead atoms. The zero-order valence-corrected chi connectivity index (χ0v) is 13.9. The summed E-state index contributed by atoms with van der Waals surface area (Å²) in [6.45, 7) is 1.76. The van der Waals surface area contributed by atoms with E-state index in [4.69, 9.17) is 58.0 Å². The Morgan fingerprint density at radius 2 is 1.88 bits per heavy atom. The van der Waals surface area contributed by atoms with Crippen molar-refractivity contribution in [3.05, 3.63) is 23.8 Å². The Morgan fingerprint density at radius 1 is 1.31 bits per heavy atom. The highest BCUT2D eigenvalue weighted by atomic mass is 79.9. The van der Waals surface area contributed by atoms with Gasteiger partial charge in [0.15, 0.2) is 0 Å². The van der Waals surface area contributed by atoms with Gasteiger partial charge >= 0.3 is 0 Å². The molecule has 0 rings (SSSR count). The smallest absolute Gasteiger partial charge is 0.0857 e. The van der Waals surface area contributed by atoms with Gasteiger partial charge in [0, 0.05) is 16.7 Å². The molecule has 3 atom stereocenters. The second kappa shape index (κ2) is 7.76. The molecular weight excluding hydrogens is 377 g/mol. The fourth-order valence-corrected chi connectivity index (χ4v) is 2.26. The van der Waals surface area contributed by atoms with E-state index in [1.54, 1.807) is 25.2 Å². The van der Waals surface area contributed by atoms with Gasteiger partial charge in [-0.2, -0.15) is 0 Å². The number of rotatable bonds is 6. The predicted octanol–water partition coefficient (Wildman–Crippen LogP) is 5.51. The molecule has 0 aliphatic heterocycles. The highest BCUT2D eigenvalue weighted by molar-refractivity contribution is 9.09. The van der Waals surface area contributed by atoms with E-state index in [0.717, 1.165) is 0 Å². The van der Waals surface area contributed by atoms with E-state index in [9.17, 15) is 0 Å². The number of hydrogen-bond acceptors (Lipinski definition) is 0. The summed E-state index contributed by atoms with van der Waals surface area (Å²) in [5.41, 5.74) is 1.34. The maximum absolute atomic E-state index is 6.17. The van der Waals surface area contributed by atoms with Gasteiger partial charge in [0.05, 0.1) is 15.1 Å². The molecular formula is C10H12BrCl5. The molecule has 0 aliphatic rings.